The number of carbonyl (C=O) groups excluding carboxylic acids is 1. The van der Waals surface area contributed by atoms with Crippen molar-refractivity contribution in [2.24, 2.45) is 14.1 Å². The lowest BCUT2D eigenvalue weighted by Crippen LogP contribution is -2.21. The van der Waals surface area contributed by atoms with E-state index in [1.165, 1.54) is 24.1 Å². The first kappa shape index (κ1) is 27.1. The molecule has 1 amide bonds. The summed E-state index contributed by atoms with van der Waals surface area (Å²) in [7, 11) is 7.62. The average Bonchev–Trinajstić information content (AvgIpc) is 3.49. The highest BCUT2D eigenvalue weighted by Gasteiger charge is 2.33. The van der Waals surface area contributed by atoms with Gasteiger partial charge in [-0.3, -0.25) is 14.2 Å². The Morgan fingerprint density at radius 1 is 0.977 bits per heavy atom. The summed E-state index contributed by atoms with van der Waals surface area (Å²) in [6.45, 7) is 2.88. The van der Waals surface area contributed by atoms with Crippen LogP contribution < -0.4 is 0 Å². The van der Waals surface area contributed by atoms with Gasteiger partial charge in [-0.25, -0.2) is 9.97 Å². The van der Waals surface area contributed by atoms with Crippen molar-refractivity contribution in [2.45, 2.75) is 45.1 Å². The number of fused-ring (bicyclic) bond motifs is 2. The topological polar surface area (TPSA) is 86.7 Å². The normalized spacial score (nSPS) is 13.3. The Labute approximate surface area is 250 Å². The minimum Gasteiger partial charge on any atom is -0.345 e. The van der Waals surface area contributed by atoms with Crippen molar-refractivity contribution in [1.82, 2.24) is 39.0 Å². The third-order valence-corrected chi connectivity index (χ3v) is 8.46. The second kappa shape index (κ2) is 10.5. The first-order chi connectivity index (χ1) is 20.8. The van der Waals surface area contributed by atoms with Crippen LogP contribution in [0.2, 0.25) is 0 Å². The van der Waals surface area contributed by atoms with Crippen LogP contribution in [0.25, 0.3) is 44.6 Å². The molecule has 0 atom stereocenters. The van der Waals surface area contributed by atoms with E-state index >= 15 is 0 Å². The molecular weight excluding hydrogens is 536 g/mol. The van der Waals surface area contributed by atoms with Gasteiger partial charge in [-0.05, 0) is 55.5 Å². The van der Waals surface area contributed by atoms with Crippen molar-refractivity contribution in [1.29, 1.82) is 0 Å². The molecule has 43 heavy (non-hydrogen) atoms. The number of aryl methyl sites for hydroxylation is 4. The maximum atomic E-state index is 12.2. The highest BCUT2D eigenvalue weighted by Crippen LogP contribution is 2.47. The molecule has 4 heterocycles. The van der Waals surface area contributed by atoms with Crippen LogP contribution in [-0.2, 0) is 33.5 Å². The molecule has 0 bridgehead atoms. The van der Waals surface area contributed by atoms with E-state index in [0.29, 0.717) is 11.5 Å². The molecule has 2 aromatic carbocycles. The van der Waals surface area contributed by atoms with Gasteiger partial charge < -0.3 is 9.47 Å². The first-order valence-corrected chi connectivity index (χ1v) is 15.0. The molecule has 9 nitrogen and oxygen atoms in total. The zero-order valence-electron chi connectivity index (χ0n) is 25.4. The number of amides is 1. The summed E-state index contributed by atoms with van der Waals surface area (Å²) in [5.74, 6) is 1.47. The fourth-order valence-corrected chi connectivity index (χ4v) is 6.08. The van der Waals surface area contributed by atoms with Crippen LogP contribution in [-0.4, -0.2) is 59.0 Å². The molecule has 1 aliphatic rings. The lowest BCUT2D eigenvalue weighted by molar-refractivity contribution is 0.0827. The zero-order valence-corrected chi connectivity index (χ0v) is 25.4. The Morgan fingerprint density at radius 2 is 1.77 bits per heavy atom. The van der Waals surface area contributed by atoms with Crippen LogP contribution in [0, 0.1) is 0 Å². The van der Waals surface area contributed by atoms with Crippen molar-refractivity contribution in [2.75, 3.05) is 14.1 Å². The number of pyridine rings is 1. The second-order valence-corrected chi connectivity index (χ2v) is 11.8. The monoisotopic (exact) mass is 572 g/mol. The summed E-state index contributed by atoms with van der Waals surface area (Å²) >= 11 is 0. The summed E-state index contributed by atoms with van der Waals surface area (Å²) < 4.78 is 6.14. The molecule has 218 valence electrons. The van der Waals surface area contributed by atoms with E-state index in [2.05, 4.69) is 54.1 Å². The largest absolute Gasteiger partial charge is 0.345 e. The highest BCUT2D eigenvalue weighted by molar-refractivity contribution is 5.95. The van der Waals surface area contributed by atoms with Crippen molar-refractivity contribution < 1.29 is 4.79 Å². The summed E-state index contributed by atoms with van der Waals surface area (Å²) in [6.07, 6.45) is 8.16. The number of nitrogens with zero attached hydrogens (tertiary/aromatic N) is 8. The lowest BCUT2D eigenvalue weighted by Gasteiger charge is -2.10. The first-order valence-electron chi connectivity index (χ1n) is 15.0. The SMILES string of the molecule is CCc1nc2nn(C)cc2cc1-c1nc(-c2cccc3nn(CCc4ccc(C(=O)N(C)C)cc4)cc23)c(C2CC2)n1C. The molecule has 0 saturated heterocycles. The molecule has 1 fully saturated rings. The molecule has 6 aromatic rings. The van der Waals surface area contributed by atoms with Gasteiger partial charge in [-0.2, -0.15) is 10.2 Å². The Bertz CT molecular complexity index is 1990. The van der Waals surface area contributed by atoms with Gasteiger partial charge in [-0.1, -0.05) is 31.2 Å². The van der Waals surface area contributed by atoms with Gasteiger partial charge in [0.25, 0.3) is 5.91 Å². The number of carbonyl (C=O) groups is 1. The molecule has 0 N–H and O–H groups in total. The molecule has 1 saturated carbocycles. The molecule has 0 aliphatic heterocycles. The van der Waals surface area contributed by atoms with Crippen LogP contribution in [0.3, 0.4) is 0 Å². The number of rotatable bonds is 8. The molecule has 0 spiro atoms. The van der Waals surface area contributed by atoms with Crippen LogP contribution in [0.5, 0.6) is 0 Å². The molecule has 7 rings (SSSR count). The van der Waals surface area contributed by atoms with Gasteiger partial charge >= 0.3 is 0 Å². The average molecular weight is 573 g/mol. The van der Waals surface area contributed by atoms with Crippen molar-refractivity contribution >= 4 is 27.8 Å². The smallest absolute Gasteiger partial charge is 0.253 e. The van der Waals surface area contributed by atoms with Crippen molar-refractivity contribution in [3.8, 4) is 22.6 Å². The van der Waals surface area contributed by atoms with E-state index in [9.17, 15) is 4.79 Å². The molecule has 9 heteroatoms. The van der Waals surface area contributed by atoms with E-state index in [0.717, 1.165) is 69.7 Å². The maximum absolute atomic E-state index is 12.2. The molecular formula is C34H36N8O. The third kappa shape index (κ3) is 4.88. The maximum Gasteiger partial charge on any atom is 0.253 e. The Kier molecular flexibility index (Phi) is 6.60. The fraction of sp³-hybridized carbons (Fsp3) is 0.324. The molecule has 0 unspecified atom stereocenters. The minimum absolute atomic E-state index is 0.0143. The summed E-state index contributed by atoms with van der Waals surface area (Å²) in [6, 6.07) is 16.4. The van der Waals surface area contributed by atoms with E-state index in [-0.39, 0.29) is 5.91 Å². The lowest BCUT2D eigenvalue weighted by atomic mass is 10.0. The quantitative estimate of drug-likeness (QED) is 0.231. The Morgan fingerprint density at radius 3 is 2.49 bits per heavy atom. The van der Waals surface area contributed by atoms with Crippen molar-refractivity contribution in [3.63, 3.8) is 0 Å². The van der Waals surface area contributed by atoms with Gasteiger partial charge in [0.15, 0.2) is 5.65 Å². The van der Waals surface area contributed by atoms with E-state index < -0.39 is 0 Å². The fourth-order valence-electron chi connectivity index (χ4n) is 6.08. The molecule has 4 aromatic heterocycles. The summed E-state index contributed by atoms with van der Waals surface area (Å²) in [4.78, 5) is 24.1. The van der Waals surface area contributed by atoms with Crippen LogP contribution in [0.1, 0.15) is 53.0 Å². The third-order valence-electron chi connectivity index (χ3n) is 8.46. The van der Waals surface area contributed by atoms with E-state index in [4.69, 9.17) is 15.1 Å². The van der Waals surface area contributed by atoms with Crippen LogP contribution in [0.15, 0.2) is 60.9 Å². The van der Waals surface area contributed by atoms with Gasteiger partial charge in [0.2, 0.25) is 0 Å². The van der Waals surface area contributed by atoms with Crippen LogP contribution in [0.4, 0.5) is 0 Å². The highest BCUT2D eigenvalue weighted by atomic mass is 16.2. The Balaban J connectivity index is 1.24. The van der Waals surface area contributed by atoms with Gasteiger partial charge in [-0.15, -0.1) is 0 Å². The summed E-state index contributed by atoms with van der Waals surface area (Å²) in [5.41, 5.74) is 9.14. The minimum atomic E-state index is 0.0143. The van der Waals surface area contributed by atoms with Gasteiger partial charge in [0.05, 0.1) is 16.9 Å². The standard InChI is InChI=1S/C34H36N8O/c1-6-28-26(18-24-19-40(4)38-32(24)35-28)33-36-30(31(41(33)5)22-14-15-22)25-8-7-9-29-27(25)20-42(37-29)17-16-21-10-12-23(13-11-21)34(43)39(2)3/h7-13,18-20,22H,6,14-17H2,1-5H3. The zero-order chi connectivity index (χ0) is 29.8. The summed E-state index contributed by atoms with van der Waals surface area (Å²) in [5, 5.41) is 11.6. The molecule has 1 aliphatic carbocycles. The predicted octanol–water partition coefficient (Wildman–Crippen LogP) is 5.77. The molecule has 0 radical (unpaired) electrons. The van der Waals surface area contributed by atoms with Gasteiger partial charge in [0.1, 0.15) is 5.82 Å². The number of imidazole rings is 1. The van der Waals surface area contributed by atoms with E-state index in [1.807, 2.05) is 46.9 Å². The second-order valence-electron chi connectivity index (χ2n) is 11.8. The van der Waals surface area contributed by atoms with Gasteiger partial charge in [0, 0.05) is 86.2 Å². The van der Waals surface area contributed by atoms with Crippen LogP contribution >= 0.6 is 0 Å². The predicted molar refractivity (Wildman–Crippen MR) is 169 cm³/mol. The number of hydrogen-bond acceptors (Lipinski definition) is 5. The van der Waals surface area contributed by atoms with E-state index in [1.54, 1.807) is 19.0 Å². The Hall–Kier alpha value is -4.79. The number of hydrogen-bond donors (Lipinski definition) is 0. The van der Waals surface area contributed by atoms with Crippen molar-refractivity contribution in [3.05, 3.63) is 83.4 Å². The number of aromatic nitrogens is 7. The number of benzene rings is 2.